The first-order valence-corrected chi connectivity index (χ1v) is 6.99. The van der Waals surface area contributed by atoms with E-state index in [0.29, 0.717) is 16.8 Å². The molecule has 1 aromatic heterocycles. The number of nitrogen functional groups attached to an aromatic ring is 1. The normalized spacial score (nSPS) is 12.1. The molecule has 0 aliphatic heterocycles. The van der Waals surface area contributed by atoms with E-state index in [-0.39, 0.29) is 12.3 Å². The van der Waals surface area contributed by atoms with E-state index in [4.69, 9.17) is 10.2 Å². The predicted molar refractivity (Wildman–Crippen MR) is 64.6 cm³/mol. The Morgan fingerprint density at radius 2 is 2.12 bits per heavy atom. The fourth-order valence-electron chi connectivity index (χ4n) is 1.55. The molecular weight excluding hydrogens is 244 g/mol. The summed E-state index contributed by atoms with van der Waals surface area (Å²) in [7, 11) is -3.12. The highest BCUT2D eigenvalue weighted by Crippen LogP contribution is 2.16. The minimum Gasteiger partial charge on any atom is -0.408 e. The summed E-state index contributed by atoms with van der Waals surface area (Å²) in [6, 6.07) is 4.81. The molecule has 1 aromatic carbocycles. The summed E-state index contributed by atoms with van der Waals surface area (Å²) in [6.45, 7) is 0.0780. The third-order valence-electron chi connectivity index (χ3n) is 2.38. The average Bonchev–Trinajstić information content (AvgIpc) is 2.48. The molecule has 1 heterocycles. The zero-order chi connectivity index (χ0) is 12.6. The van der Waals surface area contributed by atoms with Gasteiger partial charge < -0.3 is 10.2 Å². The van der Waals surface area contributed by atoms with Gasteiger partial charge >= 0.3 is 5.76 Å². The van der Waals surface area contributed by atoms with E-state index >= 15 is 0 Å². The van der Waals surface area contributed by atoms with Crippen molar-refractivity contribution in [2.45, 2.75) is 6.54 Å². The van der Waals surface area contributed by atoms with Gasteiger partial charge in [0, 0.05) is 24.6 Å². The summed E-state index contributed by atoms with van der Waals surface area (Å²) < 4.78 is 28.4. The smallest absolute Gasteiger partial charge is 0.408 e. The van der Waals surface area contributed by atoms with Crippen LogP contribution >= 0.6 is 0 Å². The fourth-order valence-corrected chi connectivity index (χ4v) is 2.07. The van der Waals surface area contributed by atoms with Crippen LogP contribution in [0, 0.1) is 0 Å². The van der Waals surface area contributed by atoms with E-state index in [9.17, 15) is 13.2 Å². The summed E-state index contributed by atoms with van der Waals surface area (Å²) >= 11 is 0. The molecule has 0 radical (unpaired) electrons. The van der Waals surface area contributed by atoms with Gasteiger partial charge in [0.2, 0.25) is 0 Å². The van der Waals surface area contributed by atoms with Gasteiger partial charge in [-0.1, -0.05) is 0 Å². The molecule has 0 unspecified atom stereocenters. The van der Waals surface area contributed by atoms with Crippen LogP contribution in [-0.4, -0.2) is 25.0 Å². The van der Waals surface area contributed by atoms with Crippen molar-refractivity contribution in [1.29, 1.82) is 0 Å². The topological polar surface area (TPSA) is 95.3 Å². The molecule has 0 aliphatic carbocycles. The Kier molecular flexibility index (Phi) is 2.70. The number of nitrogens with zero attached hydrogens (tertiary/aromatic N) is 1. The lowest BCUT2D eigenvalue weighted by Crippen LogP contribution is -2.19. The first-order valence-electron chi connectivity index (χ1n) is 4.93. The molecule has 6 nitrogen and oxygen atoms in total. The summed E-state index contributed by atoms with van der Waals surface area (Å²) in [5.41, 5.74) is 6.96. The molecular formula is C10H12N2O4S. The van der Waals surface area contributed by atoms with Gasteiger partial charge in [-0.2, -0.15) is 0 Å². The van der Waals surface area contributed by atoms with E-state index in [1.807, 2.05) is 0 Å². The van der Waals surface area contributed by atoms with E-state index in [0.717, 1.165) is 6.26 Å². The third-order valence-corrected chi connectivity index (χ3v) is 3.30. The highest BCUT2D eigenvalue weighted by Gasteiger charge is 2.11. The number of benzene rings is 1. The van der Waals surface area contributed by atoms with Gasteiger partial charge in [0.15, 0.2) is 5.58 Å². The summed E-state index contributed by atoms with van der Waals surface area (Å²) in [4.78, 5) is 11.5. The van der Waals surface area contributed by atoms with Gasteiger partial charge in [-0.15, -0.1) is 0 Å². The second-order valence-electron chi connectivity index (χ2n) is 3.88. The first-order chi connectivity index (χ1) is 7.87. The van der Waals surface area contributed by atoms with Crippen molar-refractivity contribution < 1.29 is 12.8 Å². The Labute approximate surface area is 97.6 Å². The van der Waals surface area contributed by atoms with Crippen LogP contribution in [0.1, 0.15) is 0 Å². The number of fused-ring (bicyclic) bond motifs is 1. The van der Waals surface area contributed by atoms with Crippen molar-refractivity contribution in [3.05, 3.63) is 28.7 Å². The lowest BCUT2D eigenvalue weighted by atomic mass is 10.3. The van der Waals surface area contributed by atoms with Crippen LogP contribution < -0.4 is 11.5 Å². The molecule has 0 aliphatic rings. The van der Waals surface area contributed by atoms with E-state index in [2.05, 4.69) is 0 Å². The van der Waals surface area contributed by atoms with Gasteiger partial charge in [0.25, 0.3) is 0 Å². The molecule has 0 bridgehead atoms. The van der Waals surface area contributed by atoms with Crippen LogP contribution in [0.25, 0.3) is 11.1 Å². The van der Waals surface area contributed by atoms with Gasteiger partial charge in [-0.05, 0) is 12.1 Å². The molecule has 0 saturated heterocycles. The van der Waals surface area contributed by atoms with Gasteiger partial charge in [0.05, 0.1) is 11.3 Å². The van der Waals surface area contributed by atoms with E-state index in [1.54, 1.807) is 12.1 Å². The molecule has 0 atom stereocenters. The minimum absolute atomic E-state index is 0.0780. The summed E-state index contributed by atoms with van der Waals surface area (Å²) in [5, 5.41) is 0. The fraction of sp³-hybridized carbons (Fsp3) is 0.300. The van der Waals surface area contributed by atoms with Gasteiger partial charge in [0.1, 0.15) is 9.84 Å². The van der Waals surface area contributed by atoms with Crippen molar-refractivity contribution in [1.82, 2.24) is 4.57 Å². The molecule has 92 valence electrons. The number of anilines is 1. The van der Waals surface area contributed by atoms with E-state index < -0.39 is 15.6 Å². The van der Waals surface area contributed by atoms with Crippen molar-refractivity contribution in [2.24, 2.45) is 0 Å². The maximum absolute atomic E-state index is 11.5. The molecule has 7 heteroatoms. The second-order valence-corrected chi connectivity index (χ2v) is 6.14. The van der Waals surface area contributed by atoms with Crippen molar-refractivity contribution in [3.63, 3.8) is 0 Å². The van der Waals surface area contributed by atoms with E-state index in [1.165, 1.54) is 10.6 Å². The van der Waals surface area contributed by atoms with Crippen LogP contribution in [0.5, 0.6) is 0 Å². The Balaban J connectivity index is 2.47. The SMILES string of the molecule is CS(=O)(=O)CCn1c(=O)oc2cc(N)ccc21. The summed E-state index contributed by atoms with van der Waals surface area (Å²) in [6.07, 6.45) is 1.12. The van der Waals surface area contributed by atoms with Crippen molar-refractivity contribution >= 4 is 26.6 Å². The predicted octanol–water partition coefficient (Wildman–Crippen LogP) is 0.221. The lowest BCUT2D eigenvalue weighted by Gasteiger charge is -2.00. The number of oxazole rings is 1. The zero-order valence-electron chi connectivity index (χ0n) is 9.21. The third kappa shape index (κ3) is 2.50. The molecule has 2 aromatic rings. The molecule has 0 saturated carbocycles. The molecule has 17 heavy (non-hydrogen) atoms. The number of nitrogens with two attached hydrogens (primary N) is 1. The van der Waals surface area contributed by atoms with Gasteiger partial charge in [-0.25, -0.2) is 13.2 Å². The molecule has 0 fully saturated rings. The quantitative estimate of drug-likeness (QED) is 0.793. The van der Waals surface area contributed by atoms with Gasteiger partial charge in [-0.3, -0.25) is 4.57 Å². The van der Waals surface area contributed by atoms with Crippen LogP contribution in [0.3, 0.4) is 0 Å². The van der Waals surface area contributed by atoms with Crippen LogP contribution in [0.4, 0.5) is 5.69 Å². The number of hydrogen-bond donors (Lipinski definition) is 1. The minimum atomic E-state index is -3.12. The van der Waals surface area contributed by atoms with Crippen molar-refractivity contribution in [2.75, 3.05) is 17.7 Å². The standard InChI is InChI=1S/C10H12N2O4S/c1-17(14,15)5-4-12-8-3-2-7(11)6-9(8)16-10(12)13/h2-3,6H,4-5,11H2,1H3. The summed E-state index contributed by atoms with van der Waals surface area (Å²) in [5.74, 6) is -0.680. The number of sulfone groups is 1. The largest absolute Gasteiger partial charge is 0.419 e. The maximum atomic E-state index is 11.5. The van der Waals surface area contributed by atoms with Crippen molar-refractivity contribution in [3.8, 4) is 0 Å². The average molecular weight is 256 g/mol. The van der Waals surface area contributed by atoms with Crippen LogP contribution in [-0.2, 0) is 16.4 Å². The Bertz CT molecular complexity index is 711. The molecule has 2 rings (SSSR count). The number of hydrogen-bond acceptors (Lipinski definition) is 5. The maximum Gasteiger partial charge on any atom is 0.419 e. The van der Waals surface area contributed by atoms with Crippen LogP contribution in [0.2, 0.25) is 0 Å². The number of aryl methyl sites for hydroxylation is 1. The molecule has 0 spiro atoms. The number of aromatic nitrogens is 1. The molecule has 2 N–H and O–H groups in total. The number of rotatable bonds is 3. The monoisotopic (exact) mass is 256 g/mol. The Hall–Kier alpha value is -1.76. The highest BCUT2D eigenvalue weighted by atomic mass is 32.2. The first kappa shape index (κ1) is 11.7. The Morgan fingerprint density at radius 1 is 1.41 bits per heavy atom. The lowest BCUT2D eigenvalue weighted by molar-refractivity contribution is 0.511. The molecule has 0 amide bonds. The highest BCUT2D eigenvalue weighted by molar-refractivity contribution is 7.90. The zero-order valence-corrected chi connectivity index (χ0v) is 10.0. The van der Waals surface area contributed by atoms with Crippen LogP contribution in [0.15, 0.2) is 27.4 Å². The second kappa shape index (κ2) is 3.92. The Morgan fingerprint density at radius 3 is 2.76 bits per heavy atom.